The molecule has 22 heavy (non-hydrogen) atoms. The van der Waals surface area contributed by atoms with E-state index in [0.29, 0.717) is 25.7 Å². The second-order valence-electron chi connectivity index (χ2n) is 5.80. The van der Waals surface area contributed by atoms with Crippen LogP contribution in [0.25, 0.3) is 0 Å². The van der Waals surface area contributed by atoms with Crippen molar-refractivity contribution < 1.29 is 9.85 Å². The Balaban J connectivity index is 1.92. The van der Waals surface area contributed by atoms with Crippen LogP contribution in [0.15, 0.2) is 0 Å². The summed E-state index contributed by atoms with van der Waals surface area (Å²) in [5.74, 6) is 0. The van der Waals surface area contributed by atoms with Gasteiger partial charge in [0, 0.05) is 33.4 Å². The molecule has 0 saturated heterocycles. The summed E-state index contributed by atoms with van der Waals surface area (Å²) in [4.78, 5) is 21.8. The van der Waals surface area contributed by atoms with Crippen molar-refractivity contribution in [2.45, 2.75) is 71.9 Å². The highest BCUT2D eigenvalue weighted by molar-refractivity contribution is 8.77. The zero-order valence-corrected chi connectivity index (χ0v) is 15.0. The van der Waals surface area contributed by atoms with Crippen LogP contribution < -0.4 is 0 Å². The molecule has 0 aromatic carbocycles. The van der Waals surface area contributed by atoms with Crippen LogP contribution in [0.2, 0.25) is 0 Å². The van der Waals surface area contributed by atoms with Gasteiger partial charge >= 0.3 is 0 Å². The van der Waals surface area contributed by atoms with E-state index in [1.54, 1.807) is 0 Å². The molecule has 0 aromatic heterocycles. The molecule has 0 heterocycles. The second kappa shape index (κ2) is 8.26. The van der Waals surface area contributed by atoms with Crippen molar-refractivity contribution >= 4 is 44.8 Å². The van der Waals surface area contributed by atoms with Gasteiger partial charge in [-0.1, -0.05) is 21.6 Å². The smallest absolute Gasteiger partial charge is 0.227 e. The monoisotopic (exact) mass is 388 g/mol. The first-order valence-corrected chi connectivity index (χ1v) is 10.4. The molecule has 2 aliphatic carbocycles. The van der Waals surface area contributed by atoms with E-state index in [2.05, 4.69) is 0 Å². The van der Waals surface area contributed by atoms with Crippen LogP contribution in [-0.4, -0.2) is 43.2 Å². The minimum absolute atomic E-state index is 0.129. The third-order valence-electron chi connectivity index (χ3n) is 4.23. The van der Waals surface area contributed by atoms with Crippen LogP contribution in [0.3, 0.4) is 0 Å². The number of hydrogen-bond acceptors (Lipinski definition) is 6. The predicted octanol–water partition coefficient (Wildman–Crippen LogP) is 3.98. The highest BCUT2D eigenvalue weighted by Gasteiger charge is 2.42. The minimum Gasteiger partial charge on any atom is -0.264 e. The molecule has 0 N–H and O–H groups in total. The van der Waals surface area contributed by atoms with Gasteiger partial charge in [0.1, 0.15) is 0 Å². The first kappa shape index (κ1) is 18.4. The molecule has 6 atom stereocenters. The topological polar surface area (TPSA) is 86.3 Å². The Morgan fingerprint density at radius 2 is 1.14 bits per heavy atom. The molecule has 0 aliphatic heterocycles. The third-order valence-corrected chi connectivity index (χ3v) is 8.54. The summed E-state index contributed by atoms with van der Waals surface area (Å²) in [6.45, 7) is 0. The van der Waals surface area contributed by atoms with Crippen LogP contribution in [-0.2, 0) is 0 Å². The van der Waals surface area contributed by atoms with Crippen molar-refractivity contribution in [2.75, 3.05) is 0 Å². The molecular weight excluding hydrogens is 371 g/mol. The highest BCUT2D eigenvalue weighted by Crippen LogP contribution is 2.44. The highest BCUT2D eigenvalue weighted by atomic mass is 35.5. The molecular formula is C12H18Cl2N2O4S2. The van der Waals surface area contributed by atoms with Crippen LogP contribution in [0.5, 0.6) is 0 Å². The minimum atomic E-state index is -0.660. The summed E-state index contributed by atoms with van der Waals surface area (Å²) in [7, 11) is 2.87. The lowest BCUT2D eigenvalue weighted by molar-refractivity contribution is -0.524. The number of halogens is 2. The van der Waals surface area contributed by atoms with Crippen molar-refractivity contribution in [3.8, 4) is 0 Å². The van der Waals surface area contributed by atoms with Gasteiger partial charge in [0.2, 0.25) is 12.1 Å². The fraction of sp³-hybridized carbons (Fsp3) is 1.00. The van der Waals surface area contributed by atoms with Crippen molar-refractivity contribution in [2.24, 2.45) is 0 Å². The Hall–Kier alpha value is 0.0800. The molecule has 2 saturated carbocycles. The molecule has 2 aliphatic rings. The molecule has 0 bridgehead atoms. The Morgan fingerprint density at radius 3 is 1.45 bits per heavy atom. The summed E-state index contributed by atoms with van der Waals surface area (Å²) in [6.07, 6.45) is 3.64. The molecule has 10 heteroatoms. The summed E-state index contributed by atoms with van der Waals surface area (Å²) in [5, 5.41) is 21.8. The van der Waals surface area contributed by atoms with E-state index in [9.17, 15) is 20.2 Å². The molecule has 0 spiro atoms. The van der Waals surface area contributed by atoms with Crippen molar-refractivity contribution in [3.05, 3.63) is 20.2 Å². The maximum Gasteiger partial charge on any atom is 0.227 e. The molecule has 0 unspecified atom stereocenters. The van der Waals surface area contributed by atoms with Gasteiger partial charge in [-0.2, -0.15) is 0 Å². The van der Waals surface area contributed by atoms with Crippen LogP contribution in [0.4, 0.5) is 0 Å². The Morgan fingerprint density at radius 1 is 0.773 bits per heavy atom. The van der Waals surface area contributed by atoms with E-state index in [4.69, 9.17) is 23.2 Å². The van der Waals surface area contributed by atoms with Gasteiger partial charge in [-0.25, -0.2) is 0 Å². The lowest BCUT2D eigenvalue weighted by atomic mass is 9.95. The average molecular weight is 389 g/mol. The summed E-state index contributed by atoms with van der Waals surface area (Å²) in [6, 6.07) is -1.32. The molecule has 0 amide bonds. The second-order valence-corrected chi connectivity index (χ2v) is 9.78. The van der Waals surface area contributed by atoms with Crippen molar-refractivity contribution in [1.82, 2.24) is 0 Å². The summed E-state index contributed by atoms with van der Waals surface area (Å²) >= 11 is 12.1. The van der Waals surface area contributed by atoms with E-state index in [-0.39, 0.29) is 31.1 Å². The maximum atomic E-state index is 11.2. The standard InChI is InChI=1S/C12H18Cl2N2O4S2/c13-7-1-3-11(9(5-7)15(17)18)21-22-12-4-2-8(14)6-10(12)16(19)20/h7-12H,1-6H2/t7-,8+,9-,10-,11+,12-/m0/s1. The predicted molar refractivity (Wildman–Crippen MR) is 91.3 cm³/mol. The molecule has 2 fully saturated rings. The molecule has 2 rings (SSSR count). The van der Waals surface area contributed by atoms with Crippen LogP contribution >= 0.6 is 44.8 Å². The molecule has 126 valence electrons. The number of alkyl halides is 2. The van der Waals surface area contributed by atoms with E-state index in [1.807, 2.05) is 0 Å². The maximum absolute atomic E-state index is 11.2. The van der Waals surface area contributed by atoms with Gasteiger partial charge in [0.15, 0.2) is 0 Å². The van der Waals surface area contributed by atoms with Crippen molar-refractivity contribution in [1.29, 1.82) is 0 Å². The van der Waals surface area contributed by atoms with Gasteiger partial charge in [-0.05, 0) is 25.7 Å². The van der Waals surface area contributed by atoms with E-state index in [0.717, 1.165) is 12.8 Å². The summed E-state index contributed by atoms with van der Waals surface area (Å²) < 4.78 is 0. The first-order valence-electron chi connectivity index (χ1n) is 7.25. The lowest BCUT2D eigenvalue weighted by Crippen LogP contribution is -2.40. The number of hydrogen-bond donors (Lipinski definition) is 0. The quantitative estimate of drug-likeness (QED) is 0.306. The van der Waals surface area contributed by atoms with Gasteiger partial charge in [0.25, 0.3) is 0 Å². The first-order chi connectivity index (χ1) is 10.4. The number of rotatable bonds is 5. The summed E-state index contributed by atoms with van der Waals surface area (Å²) in [5.41, 5.74) is 0. The van der Waals surface area contributed by atoms with Crippen molar-refractivity contribution in [3.63, 3.8) is 0 Å². The van der Waals surface area contributed by atoms with E-state index >= 15 is 0 Å². The third kappa shape index (κ3) is 4.79. The Labute approximate surface area is 146 Å². The largest absolute Gasteiger partial charge is 0.264 e. The number of nitro groups is 2. The average Bonchev–Trinajstić information content (AvgIpc) is 2.46. The zero-order valence-electron chi connectivity index (χ0n) is 11.8. The zero-order chi connectivity index (χ0) is 16.3. The van der Waals surface area contributed by atoms with E-state index < -0.39 is 12.1 Å². The molecule has 0 radical (unpaired) electrons. The number of nitrogens with zero attached hydrogens (tertiary/aromatic N) is 2. The SMILES string of the molecule is O=[N+]([O-])[C@H]1C[C@H](Cl)CC[C@@H]1SS[C@@H]1CC[C@H](Cl)C[C@@H]1[N+](=O)[O-]. The normalized spacial score (nSPS) is 39.4. The van der Waals surface area contributed by atoms with Gasteiger partial charge < -0.3 is 0 Å². The molecule has 6 nitrogen and oxygen atoms in total. The van der Waals surface area contributed by atoms with Crippen LogP contribution in [0, 0.1) is 20.2 Å². The van der Waals surface area contributed by atoms with Gasteiger partial charge in [-0.3, -0.25) is 20.2 Å². The molecule has 0 aromatic rings. The Kier molecular flexibility index (Phi) is 6.91. The fourth-order valence-corrected chi connectivity index (χ4v) is 7.20. The lowest BCUT2D eigenvalue weighted by Gasteiger charge is -2.31. The van der Waals surface area contributed by atoms with Gasteiger partial charge in [-0.15, -0.1) is 23.2 Å². The Bertz CT molecular complexity index is 394. The van der Waals surface area contributed by atoms with E-state index in [1.165, 1.54) is 21.6 Å². The van der Waals surface area contributed by atoms with Crippen LogP contribution in [0.1, 0.15) is 38.5 Å². The fourth-order valence-electron chi connectivity index (χ4n) is 2.95. The van der Waals surface area contributed by atoms with Gasteiger partial charge in [0.05, 0.1) is 10.5 Å².